The van der Waals surface area contributed by atoms with Crippen LogP contribution in [0.1, 0.15) is 6.92 Å². The molecule has 2 aromatic carbocycles. The number of anilines is 2. The molecule has 2 N–H and O–H groups in total. The van der Waals surface area contributed by atoms with E-state index in [1.165, 1.54) is 31.2 Å². The number of ether oxygens (including phenoxy) is 1. The molecule has 5 nitrogen and oxygen atoms in total. The highest BCUT2D eigenvalue weighted by molar-refractivity contribution is 6.31. The molecule has 3 rings (SSSR count). The molecule has 0 saturated carbocycles. The van der Waals surface area contributed by atoms with Gasteiger partial charge in [0.1, 0.15) is 11.6 Å². The topological polar surface area (TPSA) is 67.4 Å². The van der Waals surface area contributed by atoms with E-state index >= 15 is 0 Å². The highest BCUT2D eigenvalue weighted by Gasteiger charge is 2.47. The molecule has 1 heterocycles. The van der Waals surface area contributed by atoms with E-state index in [-0.39, 0.29) is 5.69 Å². The average molecular weight is 335 g/mol. The Bertz CT molecular complexity index is 812. The van der Waals surface area contributed by atoms with Crippen LogP contribution in [-0.2, 0) is 9.59 Å². The molecular formula is C16H12ClFN2O3. The molecule has 1 unspecified atom stereocenters. The number of rotatable bonds is 2. The lowest BCUT2D eigenvalue weighted by molar-refractivity contribution is -0.143. The van der Waals surface area contributed by atoms with Gasteiger partial charge in [-0.05, 0) is 37.3 Å². The summed E-state index contributed by atoms with van der Waals surface area (Å²) in [6.07, 6.45) is 0. The largest absolute Gasteiger partial charge is 0.466 e. The van der Waals surface area contributed by atoms with Crippen LogP contribution in [0.3, 0.4) is 0 Å². The molecule has 0 saturated heterocycles. The zero-order valence-corrected chi connectivity index (χ0v) is 12.8. The van der Waals surface area contributed by atoms with E-state index in [2.05, 4.69) is 10.6 Å². The van der Waals surface area contributed by atoms with Gasteiger partial charge < -0.3 is 15.4 Å². The Labute approximate surface area is 136 Å². The number of fused-ring (bicyclic) bond motifs is 1. The summed E-state index contributed by atoms with van der Waals surface area (Å²) in [5.41, 5.74) is -1.49. The standard InChI is InChI=1S/C16H12ClFN2O3/c1-16(14(21)19-11-5-3-2-4-10(11)18)15(22)20-12-8-9(17)6-7-13(12)23-16/h2-8H,1H3,(H,19,21)(H,20,22). The van der Waals surface area contributed by atoms with E-state index in [4.69, 9.17) is 16.3 Å². The molecule has 23 heavy (non-hydrogen) atoms. The van der Waals surface area contributed by atoms with Gasteiger partial charge in [0.15, 0.2) is 0 Å². The van der Waals surface area contributed by atoms with Crippen LogP contribution >= 0.6 is 11.6 Å². The van der Waals surface area contributed by atoms with Crippen LogP contribution in [-0.4, -0.2) is 17.4 Å². The van der Waals surface area contributed by atoms with Crippen LogP contribution in [0.4, 0.5) is 15.8 Å². The first-order valence-electron chi connectivity index (χ1n) is 6.76. The lowest BCUT2D eigenvalue weighted by Crippen LogP contribution is -2.56. The van der Waals surface area contributed by atoms with Gasteiger partial charge in [-0.1, -0.05) is 23.7 Å². The van der Waals surface area contributed by atoms with Crippen LogP contribution in [0.5, 0.6) is 5.75 Å². The van der Waals surface area contributed by atoms with E-state index < -0.39 is 23.2 Å². The second-order valence-electron chi connectivity index (χ2n) is 5.16. The minimum absolute atomic E-state index is 0.0305. The molecular weight excluding hydrogens is 323 g/mol. The van der Waals surface area contributed by atoms with Crippen molar-refractivity contribution in [2.75, 3.05) is 10.6 Å². The minimum atomic E-state index is -1.83. The fourth-order valence-corrected chi connectivity index (χ4v) is 2.32. The van der Waals surface area contributed by atoms with E-state index in [1.807, 2.05) is 0 Å². The maximum absolute atomic E-state index is 13.7. The van der Waals surface area contributed by atoms with Crippen molar-refractivity contribution in [3.8, 4) is 5.75 Å². The van der Waals surface area contributed by atoms with Crippen molar-refractivity contribution < 1.29 is 18.7 Å². The smallest absolute Gasteiger partial charge is 0.278 e. The molecule has 2 amide bonds. The third kappa shape index (κ3) is 2.73. The first-order valence-corrected chi connectivity index (χ1v) is 7.14. The maximum Gasteiger partial charge on any atom is 0.278 e. The highest BCUT2D eigenvalue weighted by atomic mass is 35.5. The Morgan fingerprint density at radius 2 is 2.04 bits per heavy atom. The third-order valence-electron chi connectivity index (χ3n) is 3.49. The number of amides is 2. The summed E-state index contributed by atoms with van der Waals surface area (Å²) in [7, 11) is 0. The summed E-state index contributed by atoms with van der Waals surface area (Å²) < 4.78 is 19.2. The Balaban J connectivity index is 1.89. The van der Waals surface area contributed by atoms with Crippen molar-refractivity contribution in [2.24, 2.45) is 0 Å². The van der Waals surface area contributed by atoms with Crippen LogP contribution in [0.15, 0.2) is 42.5 Å². The molecule has 1 aliphatic heterocycles. The zero-order chi connectivity index (χ0) is 16.6. The maximum atomic E-state index is 13.7. The van der Waals surface area contributed by atoms with Crippen LogP contribution in [0.2, 0.25) is 5.02 Å². The molecule has 118 valence electrons. The summed E-state index contributed by atoms with van der Waals surface area (Å²) in [4.78, 5) is 24.7. The van der Waals surface area contributed by atoms with Gasteiger partial charge in [-0.15, -0.1) is 0 Å². The number of nitrogens with one attached hydrogen (secondary N) is 2. The van der Waals surface area contributed by atoms with Crippen molar-refractivity contribution in [1.29, 1.82) is 0 Å². The van der Waals surface area contributed by atoms with Crippen LogP contribution in [0, 0.1) is 5.82 Å². The number of hydrogen-bond acceptors (Lipinski definition) is 3. The van der Waals surface area contributed by atoms with Gasteiger partial charge in [-0.25, -0.2) is 4.39 Å². The van der Waals surface area contributed by atoms with Gasteiger partial charge in [-0.3, -0.25) is 9.59 Å². The van der Waals surface area contributed by atoms with Crippen LogP contribution < -0.4 is 15.4 Å². The Morgan fingerprint density at radius 1 is 1.30 bits per heavy atom. The van der Waals surface area contributed by atoms with E-state index in [0.717, 1.165) is 0 Å². The number of carbonyl (C=O) groups excluding carboxylic acids is 2. The Kier molecular flexibility index (Phi) is 3.69. The molecule has 0 spiro atoms. The second-order valence-corrected chi connectivity index (χ2v) is 5.60. The van der Waals surface area contributed by atoms with Gasteiger partial charge in [0.25, 0.3) is 17.4 Å². The molecule has 1 atom stereocenters. The molecule has 0 fully saturated rings. The number of halogens is 2. The zero-order valence-electron chi connectivity index (χ0n) is 12.0. The normalized spacial score (nSPS) is 19.3. The predicted molar refractivity (Wildman–Crippen MR) is 84.1 cm³/mol. The molecule has 2 aromatic rings. The summed E-state index contributed by atoms with van der Waals surface area (Å²) >= 11 is 5.85. The lowest BCUT2D eigenvalue weighted by atomic mass is 10.0. The van der Waals surface area contributed by atoms with E-state index in [1.54, 1.807) is 18.2 Å². The van der Waals surface area contributed by atoms with Crippen molar-refractivity contribution in [3.05, 3.63) is 53.3 Å². The number of carbonyl (C=O) groups is 2. The van der Waals surface area contributed by atoms with Crippen molar-refractivity contribution >= 4 is 34.8 Å². The summed E-state index contributed by atoms with van der Waals surface area (Å²) in [5.74, 6) is -1.74. The third-order valence-corrected chi connectivity index (χ3v) is 3.73. The van der Waals surface area contributed by atoms with Crippen LogP contribution in [0.25, 0.3) is 0 Å². The average Bonchev–Trinajstić information content (AvgIpc) is 2.51. The number of benzene rings is 2. The molecule has 1 aliphatic rings. The lowest BCUT2D eigenvalue weighted by Gasteiger charge is -2.33. The van der Waals surface area contributed by atoms with Gasteiger partial charge in [0, 0.05) is 5.02 Å². The monoisotopic (exact) mass is 334 g/mol. The fourth-order valence-electron chi connectivity index (χ4n) is 2.15. The summed E-state index contributed by atoms with van der Waals surface area (Å²) in [6, 6.07) is 10.3. The second kappa shape index (κ2) is 5.55. The minimum Gasteiger partial charge on any atom is -0.466 e. The molecule has 0 radical (unpaired) electrons. The molecule has 7 heteroatoms. The summed E-state index contributed by atoms with van der Waals surface area (Å²) in [5, 5.41) is 5.36. The molecule has 0 bridgehead atoms. The van der Waals surface area contributed by atoms with E-state index in [0.29, 0.717) is 16.5 Å². The van der Waals surface area contributed by atoms with Gasteiger partial charge >= 0.3 is 0 Å². The van der Waals surface area contributed by atoms with Crippen molar-refractivity contribution in [2.45, 2.75) is 12.5 Å². The Hall–Kier alpha value is -2.60. The molecule has 0 aliphatic carbocycles. The van der Waals surface area contributed by atoms with Gasteiger partial charge in [-0.2, -0.15) is 0 Å². The van der Waals surface area contributed by atoms with Crippen molar-refractivity contribution in [3.63, 3.8) is 0 Å². The summed E-state index contributed by atoms with van der Waals surface area (Å²) in [6.45, 7) is 1.32. The number of para-hydroxylation sites is 1. The number of hydrogen-bond donors (Lipinski definition) is 2. The SMILES string of the molecule is CC1(C(=O)Nc2ccccc2F)Oc2ccc(Cl)cc2NC1=O. The van der Waals surface area contributed by atoms with Gasteiger partial charge in [0.2, 0.25) is 0 Å². The molecule has 0 aromatic heterocycles. The van der Waals surface area contributed by atoms with Crippen molar-refractivity contribution in [1.82, 2.24) is 0 Å². The first-order chi connectivity index (χ1) is 10.9. The van der Waals surface area contributed by atoms with E-state index in [9.17, 15) is 14.0 Å². The predicted octanol–water partition coefficient (Wildman–Crippen LogP) is 3.21. The van der Waals surface area contributed by atoms with Gasteiger partial charge in [0.05, 0.1) is 11.4 Å². The fraction of sp³-hybridized carbons (Fsp3) is 0.125. The quantitative estimate of drug-likeness (QED) is 0.829. The first kappa shape index (κ1) is 15.3. The Morgan fingerprint density at radius 3 is 2.78 bits per heavy atom. The highest BCUT2D eigenvalue weighted by Crippen LogP contribution is 2.36.